The van der Waals surface area contributed by atoms with Crippen molar-refractivity contribution in [1.82, 2.24) is 20.4 Å². The molecule has 6 nitrogen and oxygen atoms in total. The van der Waals surface area contributed by atoms with E-state index >= 15 is 0 Å². The number of nitrogens with one attached hydrogen (secondary N) is 2. The van der Waals surface area contributed by atoms with Gasteiger partial charge in [0.1, 0.15) is 0 Å². The molecule has 2 N–H and O–H groups in total. The number of aryl methyl sites for hydroxylation is 2. The lowest BCUT2D eigenvalue weighted by Gasteiger charge is -2.36. The Labute approximate surface area is 164 Å². The van der Waals surface area contributed by atoms with Crippen LogP contribution in [0.5, 0.6) is 0 Å². The van der Waals surface area contributed by atoms with Gasteiger partial charge in [-0.2, -0.15) is 5.10 Å². The molecule has 1 aromatic carbocycles. The van der Waals surface area contributed by atoms with Crippen molar-refractivity contribution in [2.45, 2.75) is 38.1 Å². The molecule has 144 valence electrons. The predicted octanol–water partition coefficient (Wildman–Crippen LogP) is 2.26. The van der Waals surface area contributed by atoms with Crippen molar-refractivity contribution >= 4 is 23.4 Å². The highest BCUT2D eigenvalue weighted by atomic mass is 35.5. The summed E-state index contributed by atoms with van der Waals surface area (Å²) in [6, 6.07) is 7.82. The topological polar surface area (TPSA) is 76.0 Å². The Morgan fingerprint density at radius 3 is 2.78 bits per heavy atom. The summed E-state index contributed by atoms with van der Waals surface area (Å²) in [5.41, 5.74) is 1.98. The molecule has 2 amide bonds. The van der Waals surface area contributed by atoms with Gasteiger partial charge in [0, 0.05) is 37.3 Å². The summed E-state index contributed by atoms with van der Waals surface area (Å²) in [5, 5.41) is 10.8. The first kappa shape index (κ1) is 19.4. The number of carbonyl (C=O) groups excluding carboxylic acids is 2. The summed E-state index contributed by atoms with van der Waals surface area (Å²) in [6.45, 7) is 0.661. The standard InChI is InChI=1S/C20H25ClN4O2/c1-25-13-16(12-23-25)10-20(27)22-11-15-8-18(9-15)24-19(26)6-5-14-3-2-4-17(21)7-14/h2-4,7,12-13,15,18H,5-6,8-11H2,1H3,(H,22,27)(H,24,26). The van der Waals surface area contributed by atoms with Crippen LogP contribution in [0.1, 0.15) is 30.4 Å². The average Bonchev–Trinajstić information content (AvgIpc) is 2.99. The van der Waals surface area contributed by atoms with Crippen molar-refractivity contribution in [1.29, 1.82) is 0 Å². The number of halogens is 1. The maximum absolute atomic E-state index is 12.1. The minimum Gasteiger partial charge on any atom is -0.356 e. The Kier molecular flexibility index (Phi) is 6.50. The van der Waals surface area contributed by atoms with E-state index in [0.717, 1.165) is 24.0 Å². The molecule has 27 heavy (non-hydrogen) atoms. The van der Waals surface area contributed by atoms with Crippen LogP contribution in [0.25, 0.3) is 0 Å². The van der Waals surface area contributed by atoms with Gasteiger partial charge in [0.2, 0.25) is 11.8 Å². The van der Waals surface area contributed by atoms with Crippen LogP contribution in [-0.2, 0) is 29.5 Å². The third-order valence-corrected chi connectivity index (χ3v) is 5.08. The van der Waals surface area contributed by atoms with Gasteiger partial charge < -0.3 is 10.6 Å². The van der Waals surface area contributed by atoms with Crippen molar-refractivity contribution in [2.75, 3.05) is 6.54 Å². The van der Waals surface area contributed by atoms with Gasteiger partial charge in [-0.05, 0) is 48.4 Å². The molecule has 1 fully saturated rings. The first-order valence-corrected chi connectivity index (χ1v) is 9.64. The number of amides is 2. The van der Waals surface area contributed by atoms with E-state index in [1.54, 1.807) is 10.9 Å². The molecular weight excluding hydrogens is 364 g/mol. The van der Waals surface area contributed by atoms with Gasteiger partial charge in [0.05, 0.1) is 12.6 Å². The lowest BCUT2D eigenvalue weighted by molar-refractivity contribution is -0.123. The van der Waals surface area contributed by atoms with Gasteiger partial charge in [0.25, 0.3) is 0 Å². The smallest absolute Gasteiger partial charge is 0.224 e. The maximum atomic E-state index is 12.1. The van der Waals surface area contributed by atoms with Gasteiger partial charge >= 0.3 is 0 Å². The second kappa shape index (κ2) is 9.04. The number of hydrogen-bond donors (Lipinski definition) is 2. The summed E-state index contributed by atoms with van der Waals surface area (Å²) in [7, 11) is 1.83. The van der Waals surface area contributed by atoms with Crippen molar-refractivity contribution < 1.29 is 9.59 Å². The summed E-state index contributed by atoms with van der Waals surface area (Å²) >= 11 is 5.96. The zero-order valence-corrected chi connectivity index (χ0v) is 16.2. The van der Waals surface area contributed by atoms with Gasteiger partial charge in [-0.1, -0.05) is 23.7 Å². The molecule has 0 atom stereocenters. The Balaban J connectivity index is 1.28. The molecule has 7 heteroatoms. The van der Waals surface area contributed by atoms with E-state index in [2.05, 4.69) is 15.7 Å². The number of aromatic nitrogens is 2. The van der Waals surface area contributed by atoms with Gasteiger partial charge in [-0.25, -0.2) is 0 Å². The van der Waals surface area contributed by atoms with E-state index in [4.69, 9.17) is 11.6 Å². The highest BCUT2D eigenvalue weighted by Gasteiger charge is 2.30. The van der Waals surface area contributed by atoms with Crippen LogP contribution in [0.4, 0.5) is 0 Å². The SMILES string of the molecule is Cn1cc(CC(=O)NCC2CC(NC(=O)CCc3cccc(Cl)c3)C2)cn1. The molecule has 0 spiro atoms. The van der Waals surface area contributed by atoms with Crippen molar-refractivity contribution in [3.05, 3.63) is 52.8 Å². The van der Waals surface area contributed by atoms with E-state index < -0.39 is 0 Å². The van der Waals surface area contributed by atoms with Crippen LogP contribution in [0.15, 0.2) is 36.7 Å². The van der Waals surface area contributed by atoms with E-state index in [1.807, 2.05) is 37.5 Å². The molecule has 1 heterocycles. The maximum Gasteiger partial charge on any atom is 0.224 e. The third-order valence-electron chi connectivity index (χ3n) is 4.84. The zero-order chi connectivity index (χ0) is 19.2. The van der Waals surface area contributed by atoms with Gasteiger partial charge in [0.15, 0.2) is 0 Å². The zero-order valence-electron chi connectivity index (χ0n) is 15.5. The van der Waals surface area contributed by atoms with Crippen LogP contribution in [-0.4, -0.2) is 34.2 Å². The van der Waals surface area contributed by atoms with Crippen molar-refractivity contribution in [2.24, 2.45) is 13.0 Å². The number of benzene rings is 1. The average molecular weight is 389 g/mol. The molecular formula is C20H25ClN4O2. The van der Waals surface area contributed by atoms with Crippen LogP contribution < -0.4 is 10.6 Å². The van der Waals surface area contributed by atoms with E-state index in [0.29, 0.717) is 36.7 Å². The molecule has 1 aliphatic rings. The Morgan fingerprint density at radius 2 is 2.07 bits per heavy atom. The van der Waals surface area contributed by atoms with Crippen LogP contribution in [0.2, 0.25) is 5.02 Å². The molecule has 1 saturated carbocycles. The molecule has 0 radical (unpaired) electrons. The summed E-state index contributed by atoms with van der Waals surface area (Å²) < 4.78 is 1.69. The van der Waals surface area contributed by atoms with Crippen LogP contribution in [0, 0.1) is 5.92 Å². The molecule has 1 aliphatic carbocycles. The van der Waals surface area contributed by atoms with E-state index in [1.165, 1.54) is 0 Å². The fourth-order valence-corrected chi connectivity index (χ4v) is 3.55. The number of rotatable bonds is 8. The summed E-state index contributed by atoms with van der Waals surface area (Å²) in [6.07, 6.45) is 6.88. The molecule has 1 aromatic heterocycles. The predicted molar refractivity (Wildman–Crippen MR) is 104 cm³/mol. The fraction of sp³-hybridized carbons (Fsp3) is 0.450. The molecule has 0 bridgehead atoms. The minimum absolute atomic E-state index is 0.0111. The first-order chi connectivity index (χ1) is 13.0. The second-order valence-corrected chi connectivity index (χ2v) is 7.67. The van der Waals surface area contributed by atoms with Crippen molar-refractivity contribution in [3.63, 3.8) is 0 Å². The normalized spacial score (nSPS) is 18.6. The molecule has 2 aromatic rings. The van der Waals surface area contributed by atoms with Crippen LogP contribution in [0.3, 0.4) is 0 Å². The minimum atomic E-state index is 0.0111. The number of hydrogen-bond acceptors (Lipinski definition) is 3. The second-order valence-electron chi connectivity index (χ2n) is 7.23. The summed E-state index contributed by atoms with van der Waals surface area (Å²) in [5.74, 6) is 0.511. The quantitative estimate of drug-likeness (QED) is 0.728. The largest absolute Gasteiger partial charge is 0.356 e. The molecule has 3 rings (SSSR count). The van der Waals surface area contributed by atoms with Gasteiger partial charge in [-0.15, -0.1) is 0 Å². The highest BCUT2D eigenvalue weighted by Crippen LogP contribution is 2.26. The summed E-state index contributed by atoms with van der Waals surface area (Å²) in [4.78, 5) is 24.0. The Hall–Kier alpha value is -2.34. The van der Waals surface area contributed by atoms with E-state index in [-0.39, 0.29) is 17.9 Å². The van der Waals surface area contributed by atoms with E-state index in [9.17, 15) is 9.59 Å². The number of carbonyl (C=O) groups is 2. The lowest BCUT2D eigenvalue weighted by atomic mass is 9.80. The Bertz CT molecular complexity index is 799. The van der Waals surface area contributed by atoms with Gasteiger partial charge in [-0.3, -0.25) is 14.3 Å². The molecule has 0 saturated heterocycles. The monoisotopic (exact) mass is 388 g/mol. The molecule has 0 aliphatic heterocycles. The highest BCUT2D eigenvalue weighted by molar-refractivity contribution is 6.30. The molecule has 0 unspecified atom stereocenters. The lowest BCUT2D eigenvalue weighted by Crippen LogP contribution is -2.47. The fourth-order valence-electron chi connectivity index (χ4n) is 3.34. The first-order valence-electron chi connectivity index (χ1n) is 9.26. The third kappa shape index (κ3) is 6.10. The van der Waals surface area contributed by atoms with Crippen molar-refractivity contribution in [3.8, 4) is 0 Å². The number of nitrogens with zero attached hydrogens (tertiary/aromatic N) is 2. The Morgan fingerprint density at radius 1 is 1.26 bits per heavy atom. The van der Waals surface area contributed by atoms with Crippen LogP contribution >= 0.6 is 11.6 Å².